The van der Waals surface area contributed by atoms with Crippen molar-refractivity contribution in [1.82, 2.24) is 25.0 Å². The van der Waals surface area contributed by atoms with E-state index in [0.29, 0.717) is 28.0 Å². The zero-order valence-electron chi connectivity index (χ0n) is 17.9. The van der Waals surface area contributed by atoms with E-state index in [-0.39, 0.29) is 0 Å². The Hall–Kier alpha value is -3.66. The Kier molecular flexibility index (Phi) is 5.14. The summed E-state index contributed by atoms with van der Waals surface area (Å²) in [6, 6.07) is 13.1. The molecule has 0 spiro atoms. The van der Waals surface area contributed by atoms with Gasteiger partial charge in [-0.25, -0.2) is 9.37 Å². The second-order valence-corrected chi connectivity index (χ2v) is 8.89. The van der Waals surface area contributed by atoms with E-state index in [2.05, 4.69) is 39.5 Å². The molecule has 1 aliphatic carbocycles. The van der Waals surface area contributed by atoms with Gasteiger partial charge in [0.1, 0.15) is 18.4 Å². The molecular formula is C25H23FN6. The summed E-state index contributed by atoms with van der Waals surface area (Å²) in [5.41, 5.74) is 4.96. The molecule has 4 aromatic rings. The molecular weight excluding hydrogens is 403 g/mol. The number of nitriles is 1. The summed E-state index contributed by atoms with van der Waals surface area (Å²) >= 11 is 0. The molecule has 1 aromatic carbocycles. The van der Waals surface area contributed by atoms with Gasteiger partial charge in [0, 0.05) is 34.8 Å². The highest BCUT2D eigenvalue weighted by Gasteiger charge is 2.29. The molecule has 0 N–H and O–H groups in total. The number of pyridine rings is 1. The highest BCUT2D eigenvalue weighted by molar-refractivity contribution is 5.87. The summed E-state index contributed by atoms with van der Waals surface area (Å²) < 4.78 is 14.9. The van der Waals surface area contributed by atoms with Crippen LogP contribution in [0.4, 0.5) is 4.39 Å². The quantitative estimate of drug-likeness (QED) is 0.422. The van der Waals surface area contributed by atoms with Crippen LogP contribution in [-0.4, -0.2) is 25.0 Å². The van der Waals surface area contributed by atoms with Crippen LogP contribution in [-0.2, 0) is 13.2 Å². The normalized spacial score (nSPS) is 15.2. The zero-order chi connectivity index (χ0) is 22.1. The van der Waals surface area contributed by atoms with Crippen LogP contribution in [0.5, 0.6) is 0 Å². The molecule has 0 atom stereocenters. The van der Waals surface area contributed by atoms with Gasteiger partial charge in [0.05, 0.1) is 23.1 Å². The number of halogens is 1. The molecule has 0 radical (unpaired) electrons. The van der Waals surface area contributed by atoms with E-state index in [4.69, 9.17) is 0 Å². The summed E-state index contributed by atoms with van der Waals surface area (Å²) in [6.07, 6.45) is 8.95. The first-order valence-electron chi connectivity index (χ1n) is 10.8. The molecule has 1 aliphatic rings. The lowest BCUT2D eigenvalue weighted by atomic mass is 9.89. The molecule has 7 heteroatoms. The van der Waals surface area contributed by atoms with Crippen molar-refractivity contribution < 1.29 is 4.39 Å². The first-order chi connectivity index (χ1) is 15.6. The van der Waals surface area contributed by atoms with Crippen LogP contribution in [0.3, 0.4) is 0 Å². The molecule has 3 aromatic heterocycles. The van der Waals surface area contributed by atoms with Gasteiger partial charge in [-0.1, -0.05) is 31.9 Å². The summed E-state index contributed by atoms with van der Waals surface area (Å²) in [5, 5.41) is 22.9. The number of aromatic nitrogens is 5. The van der Waals surface area contributed by atoms with Crippen LogP contribution in [0.2, 0.25) is 0 Å². The van der Waals surface area contributed by atoms with Gasteiger partial charge in [0.15, 0.2) is 0 Å². The van der Waals surface area contributed by atoms with E-state index in [0.717, 1.165) is 28.6 Å². The van der Waals surface area contributed by atoms with Gasteiger partial charge < -0.3 is 0 Å². The molecule has 32 heavy (non-hydrogen) atoms. The number of benzene rings is 1. The minimum Gasteiger partial charge on any atom is -0.272 e. The standard InChI is InChI=1S/C25H23FN6/c1-25(8-2-3-9-25)16-32-15-19(14-28-32)22-7-6-20(13-27)29-24(22)18-5-4-17-10-21(12-26)30-31-23(17)11-18/h4-7,10-11,14-15H,2-3,8-9,12,16H2,1H3. The molecule has 0 amide bonds. The van der Waals surface area contributed by atoms with Crippen LogP contribution in [0, 0.1) is 16.7 Å². The molecule has 1 saturated carbocycles. The fourth-order valence-corrected chi connectivity index (χ4v) is 4.63. The summed E-state index contributed by atoms with van der Waals surface area (Å²) in [6.45, 7) is 2.58. The van der Waals surface area contributed by atoms with Gasteiger partial charge >= 0.3 is 0 Å². The van der Waals surface area contributed by atoms with Gasteiger partial charge in [0.25, 0.3) is 0 Å². The lowest BCUT2D eigenvalue weighted by molar-refractivity contribution is 0.268. The van der Waals surface area contributed by atoms with E-state index in [9.17, 15) is 9.65 Å². The van der Waals surface area contributed by atoms with Crippen molar-refractivity contribution in [3.05, 3.63) is 60.2 Å². The number of fused-ring (bicyclic) bond motifs is 1. The number of hydrogen-bond donors (Lipinski definition) is 0. The van der Waals surface area contributed by atoms with Crippen LogP contribution in [0.15, 0.2) is 48.8 Å². The maximum atomic E-state index is 12.9. The van der Waals surface area contributed by atoms with Crippen molar-refractivity contribution in [2.24, 2.45) is 5.41 Å². The number of rotatable bonds is 5. The Labute approximate surface area is 185 Å². The third-order valence-electron chi connectivity index (χ3n) is 6.36. The predicted octanol–water partition coefficient (Wildman–Crippen LogP) is 5.48. The highest BCUT2D eigenvalue weighted by atomic mass is 19.1. The topological polar surface area (TPSA) is 80.3 Å². The average Bonchev–Trinajstić information content (AvgIpc) is 3.47. The van der Waals surface area contributed by atoms with Crippen molar-refractivity contribution in [2.45, 2.75) is 45.8 Å². The minimum absolute atomic E-state index is 0.296. The number of hydrogen-bond acceptors (Lipinski definition) is 5. The molecule has 3 heterocycles. The van der Waals surface area contributed by atoms with Crippen molar-refractivity contribution >= 4 is 10.9 Å². The second-order valence-electron chi connectivity index (χ2n) is 8.89. The lowest BCUT2D eigenvalue weighted by Crippen LogP contribution is -2.19. The van der Waals surface area contributed by atoms with E-state index < -0.39 is 6.67 Å². The monoisotopic (exact) mass is 426 g/mol. The maximum Gasteiger partial charge on any atom is 0.141 e. The lowest BCUT2D eigenvalue weighted by Gasteiger charge is -2.22. The molecule has 160 valence electrons. The van der Waals surface area contributed by atoms with E-state index >= 15 is 0 Å². The molecule has 6 nitrogen and oxygen atoms in total. The highest BCUT2D eigenvalue weighted by Crippen LogP contribution is 2.39. The van der Waals surface area contributed by atoms with Crippen molar-refractivity contribution in [1.29, 1.82) is 5.26 Å². The Morgan fingerprint density at radius 1 is 1.09 bits per heavy atom. The van der Waals surface area contributed by atoms with E-state index in [1.165, 1.54) is 25.7 Å². The number of nitrogens with zero attached hydrogens (tertiary/aromatic N) is 6. The Bertz CT molecular complexity index is 1330. The Morgan fingerprint density at radius 2 is 1.94 bits per heavy atom. The van der Waals surface area contributed by atoms with Crippen molar-refractivity contribution in [3.63, 3.8) is 0 Å². The van der Waals surface area contributed by atoms with Gasteiger partial charge in [0.2, 0.25) is 0 Å². The summed E-state index contributed by atoms with van der Waals surface area (Å²) in [4.78, 5) is 4.60. The van der Waals surface area contributed by atoms with Gasteiger partial charge in [-0.15, -0.1) is 0 Å². The number of alkyl halides is 1. The summed E-state index contributed by atoms with van der Waals surface area (Å²) in [7, 11) is 0. The van der Waals surface area contributed by atoms with Crippen molar-refractivity contribution in [3.8, 4) is 28.5 Å². The van der Waals surface area contributed by atoms with E-state index in [1.807, 2.05) is 35.1 Å². The maximum absolute atomic E-state index is 12.9. The van der Waals surface area contributed by atoms with Crippen LogP contribution in [0.1, 0.15) is 44.0 Å². The molecule has 0 unspecified atom stereocenters. The van der Waals surface area contributed by atoms with Crippen molar-refractivity contribution in [2.75, 3.05) is 0 Å². The van der Waals surface area contributed by atoms with Crippen LogP contribution < -0.4 is 0 Å². The molecule has 1 fully saturated rings. The van der Waals surface area contributed by atoms with Crippen LogP contribution in [0.25, 0.3) is 33.3 Å². The Balaban J connectivity index is 1.55. The Morgan fingerprint density at radius 3 is 2.72 bits per heavy atom. The van der Waals surface area contributed by atoms with Gasteiger partial charge in [-0.3, -0.25) is 4.68 Å². The average molecular weight is 426 g/mol. The fourth-order valence-electron chi connectivity index (χ4n) is 4.63. The van der Waals surface area contributed by atoms with Crippen LogP contribution >= 0.6 is 0 Å². The minimum atomic E-state index is -0.649. The fraction of sp³-hybridized carbons (Fsp3) is 0.320. The first-order valence-corrected chi connectivity index (χ1v) is 10.8. The van der Waals surface area contributed by atoms with E-state index in [1.54, 1.807) is 12.1 Å². The SMILES string of the molecule is CC1(Cn2cc(-c3ccc(C#N)nc3-c3ccc4cc(CF)nnc4c3)cn2)CCCC1. The third kappa shape index (κ3) is 3.84. The smallest absolute Gasteiger partial charge is 0.141 e. The summed E-state index contributed by atoms with van der Waals surface area (Å²) in [5.74, 6) is 0. The predicted molar refractivity (Wildman–Crippen MR) is 120 cm³/mol. The third-order valence-corrected chi connectivity index (χ3v) is 6.36. The van der Waals surface area contributed by atoms with Gasteiger partial charge in [-0.05, 0) is 42.5 Å². The second kappa shape index (κ2) is 8.12. The largest absolute Gasteiger partial charge is 0.272 e. The molecule has 0 saturated heterocycles. The van der Waals surface area contributed by atoms with Gasteiger partial charge in [-0.2, -0.15) is 20.6 Å². The molecule has 0 bridgehead atoms. The molecule has 0 aliphatic heterocycles. The zero-order valence-corrected chi connectivity index (χ0v) is 17.9. The first kappa shape index (κ1) is 20.3. The molecule has 5 rings (SSSR count).